The number of carbonyl (C=O) groups is 1. The molecule has 2 aliphatic carbocycles. The average Bonchev–Trinajstić information content (AvgIpc) is 3.34. The number of likely N-dealkylation sites (N-methyl/N-ethyl adjacent to an activating group) is 1. The fourth-order valence-electron chi connectivity index (χ4n) is 6.95. The first-order chi connectivity index (χ1) is 17.5. The van der Waals surface area contributed by atoms with Gasteiger partial charge in [0.05, 0.1) is 22.5 Å². The molecule has 0 amide bonds. The Balaban J connectivity index is 1.41. The molecule has 2 heterocycles. The van der Waals surface area contributed by atoms with E-state index < -0.39 is 0 Å². The van der Waals surface area contributed by atoms with Crippen molar-refractivity contribution in [2.75, 3.05) is 11.9 Å². The monoisotopic (exact) mass is 472 g/mol. The fourth-order valence-corrected chi connectivity index (χ4v) is 6.95. The minimum Gasteiger partial charge on any atom is -0.506 e. The Morgan fingerprint density at radius 1 is 0.944 bits per heavy atom. The molecule has 1 spiro atoms. The molecule has 4 aliphatic rings. The number of Topliss-reactive ketones (excluding diaryl/α,β-unsaturated/α-hetero) is 1. The maximum Gasteiger partial charge on any atom is 0.201 e. The van der Waals surface area contributed by atoms with Gasteiger partial charge in [-0.15, -0.1) is 0 Å². The van der Waals surface area contributed by atoms with Crippen LogP contribution in [0, 0.1) is 0 Å². The molecule has 178 valence electrons. The number of allylic oxidation sites excluding steroid dienone is 5. The average molecular weight is 473 g/mol. The number of anilines is 1. The molecule has 4 nitrogen and oxygen atoms in total. The first kappa shape index (κ1) is 21.4. The van der Waals surface area contributed by atoms with Gasteiger partial charge in [0.1, 0.15) is 5.76 Å². The van der Waals surface area contributed by atoms with Gasteiger partial charge in [-0.25, -0.2) is 0 Å². The lowest BCUT2D eigenvalue weighted by Gasteiger charge is -2.37. The summed E-state index contributed by atoms with van der Waals surface area (Å²) in [4.78, 5) is 20.5. The Labute approximate surface area is 211 Å². The fraction of sp³-hybridized carbons (Fsp3) is 0.250. The SMILES string of the molecule is CC1=Nc2ccccc2C1=C1C(=O)C(C=C2N(C)c3c(ccc4ccccc34)C23CCCCC3)=C1O. The van der Waals surface area contributed by atoms with Gasteiger partial charge in [0.15, 0.2) is 0 Å². The number of ketones is 1. The zero-order valence-electron chi connectivity index (χ0n) is 20.6. The van der Waals surface area contributed by atoms with E-state index in [0.29, 0.717) is 11.1 Å². The quantitative estimate of drug-likeness (QED) is 0.377. The van der Waals surface area contributed by atoms with E-state index in [2.05, 4.69) is 53.3 Å². The number of rotatable bonds is 1. The van der Waals surface area contributed by atoms with Crippen molar-refractivity contribution in [1.29, 1.82) is 0 Å². The van der Waals surface area contributed by atoms with E-state index in [4.69, 9.17) is 0 Å². The standard InChI is InChI=1S/C32H28N2O2/c1-19-27(22-12-6-7-13-25(22)33-19)28-30(35)23(31(28)36)18-26-32(16-8-3-9-17-32)24-15-14-20-10-4-5-11-21(20)29(24)34(26)2/h4-7,10-15,18,35H,3,8-9,16-17H2,1-2H3. The van der Waals surface area contributed by atoms with Gasteiger partial charge in [0.25, 0.3) is 0 Å². The minimum absolute atomic E-state index is 0.0916. The zero-order chi connectivity index (χ0) is 24.6. The molecule has 0 atom stereocenters. The van der Waals surface area contributed by atoms with Crippen LogP contribution in [0.2, 0.25) is 0 Å². The van der Waals surface area contributed by atoms with Crippen molar-refractivity contribution >= 4 is 39.2 Å². The Hall–Kier alpha value is -3.92. The third kappa shape index (κ3) is 2.70. The third-order valence-electron chi connectivity index (χ3n) is 8.63. The van der Waals surface area contributed by atoms with Crippen molar-refractivity contribution in [3.05, 3.63) is 100 Å². The highest BCUT2D eigenvalue weighted by Gasteiger charge is 2.48. The highest BCUT2D eigenvalue weighted by atomic mass is 16.3. The maximum absolute atomic E-state index is 13.6. The van der Waals surface area contributed by atoms with Gasteiger partial charge in [-0.2, -0.15) is 0 Å². The molecule has 7 rings (SSSR count). The number of benzene rings is 3. The summed E-state index contributed by atoms with van der Waals surface area (Å²) < 4.78 is 0. The Morgan fingerprint density at radius 2 is 1.69 bits per heavy atom. The lowest BCUT2D eigenvalue weighted by atomic mass is 9.67. The summed E-state index contributed by atoms with van der Waals surface area (Å²) in [6.45, 7) is 1.91. The van der Waals surface area contributed by atoms with E-state index >= 15 is 0 Å². The molecule has 4 heteroatoms. The van der Waals surface area contributed by atoms with Crippen molar-refractivity contribution in [3.8, 4) is 0 Å². The van der Waals surface area contributed by atoms with Gasteiger partial charge >= 0.3 is 0 Å². The second kappa shape index (κ2) is 7.54. The smallest absolute Gasteiger partial charge is 0.201 e. The topological polar surface area (TPSA) is 52.9 Å². The number of aliphatic hydroxyl groups is 1. The number of para-hydroxylation sites is 1. The van der Waals surface area contributed by atoms with Crippen LogP contribution in [-0.2, 0) is 10.2 Å². The van der Waals surface area contributed by atoms with E-state index in [1.54, 1.807) is 0 Å². The highest BCUT2D eigenvalue weighted by molar-refractivity contribution is 6.38. The summed E-state index contributed by atoms with van der Waals surface area (Å²) in [5.74, 6) is -0.00430. The molecule has 1 fully saturated rings. The molecule has 3 aromatic rings. The summed E-state index contributed by atoms with van der Waals surface area (Å²) in [6, 6.07) is 20.8. The van der Waals surface area contributed by atoms with E-state index in [-0.39, 0.29) is 17.0 Å². The number of fused-ring (bicyclic) bond motifs is 5. The molecule has 0 aromatic heterocycles. The van der Waals surface area contributed by atoms with Gasteiger partial charge in [0, 0.05) is 40.4 Å². The molecule has 3 aromatic carbocycles. The number of carbonyl (C=O) groups excluding carboxylic acids is 1. The molecule has 0 saturated heterocycles. The summed E-state index contributed by atoms with van der Waals surface area (Å²) in [5.41, 5.74) is 7.71. The van der Waals surface area contributed by atoms with E-state index in [9.17, 15) is 9.90 Å². The van der Waals surface area contributed by atoms with Gasteiger partial charge in [-0.3, -0.25) is 9.79 Å². The molecule has 0 bridgehead atoms. The molecule has 1 N–H and O–H groups in total. The van der Waals surface area contributed by atoms with Crippen LogP contribution in [0.5, 0.6) is 0 Å². The summed E-state index contributed by atoms with van der Waals surface area (Å²) in [7, 11) is 2.12. The first-order valence-corrected chi connectivity index (χ1v) is 12.9. The van der Waals surface area contributed by atoms with E-state index in [1.165, 1.54) is 28.4 Å². The van der Waals surface area contributed by atoms with Gasteiger partial charge in [0.2, 0.25) is 5.78 Å². The van der Waals surface area contributed by atoms with Gasteiger partial charge < -0.3 is 10.0 Å². The largest absolute Gasteiger partial charge is 0.506 e. The summed E-state index contributed by atoms with van der Waals surface area (Å²) >= 11 is 0. The van der Waals surface area contributed by atoms with Crippen LogP contribution in [0.3, 0.4) is 0 Å². The summed E-state index contributed by atoms with van der Waals surface area (Å²) in [6.07, 6.45) is 7.67. The predicted octanol–water partition coefficient (Wildman–Crippen LogP) is 7.33. The molecule has 0 radical (unpaired) electrons. The zero-order valence-corrected chi connectivity index (χ0v) is 20.6. The van der Waals surface area contributed by atoms with Crippen LogP contribution in [0.25, 0.3) is 16.3 Å². The van der Waals surface area contributed by atoms with Crippen LogP contribution in [0.1, 0.15) is 50.2 Å². The van der Waals surface area contributed by atoms with Crippen LogP contribution in [0.4, 0.5) is 11.4 Å². The molecule has 1 saturated carbocycles. The van der Waals surface area contributed by atoms with E-state index in [0.717, 1.165) is 53.9 Å². The predicted molar refractivity (Wildman–Crippen MR) is 146 cm³/mol. The first-order valence-electron chi connectivity index (χ1n) is 12.9. The lowest BCUT2D eigenvalue weighted by molar-refractivity contribution is -0.113. The van der Waals surface area contributed by atoms with Crippen molar-refractivity contribution < 1.29 is 9.90 Å². The number of hydrogen-bond donors (Lipinski definition) is 1. The van der Waals surface area contributed by atoms with Gasteiger partial charge in [-0.05, 0) is 42.9 Å². The van der Waals surface area contributed by atoms with Crippen LogP contribution >= 0.6 is 0 Å². The molecular formula is C32H28N2O2. The number of hydrogen-bond acceptors (Lipinski definition) is 4. The van der Waals surface area contributed by atoms with Crippen molar-refractivity contribution in [3.63, 3.8) is 0 Å². The normalized spacial score (nSPS) is 23.4. The molecule has 2 aliphatic heterocycles. The molecular weight excluding hydrogens is 444 g/mol. The third-order valence-corrected chi connectivity index (χ3v) is 8.63. The number of nitrogens with zero attached hydrogens (tertiary/aromatic N) is 2. The van der Waals surface area contributed by atoms with E-state index in [1.807, 2.05) is 37.3 Å². The second-order valence-electron chi connectivity index (χ2n) is 10.5. The van der Waals surface area contributed by atoms with Gasteiger partial charge in [-0.1, -0.05) is 73.9 Å². The Morgan fingerprint density at radius 3 is 2.50 bits per heavy atom. The van der Waals surface area contributed by atoms with Crippen LogP contribution in [0.15, 0.2) is 94.3 Å². The molecule has 0 unspecified atom stereocenters. The minimum atomic E-state index is -0.125. The van der Waals surface area contributed by atoms with Crippen molar-refractivity contribution in [1.82, 2.24) is 0 Å². The maximum atomic E-state index is 13.6. The second-order valence-corrected chi connectivity index (χ2v) is 10.5. The van der Waals surface area contributed by atoms with Crippen LogP contribution in [-0.4, -0.2) is 23.6 Å². The number of aliphatic hydroxyl groups excluding tert-OH is 1. The van der Waals surface area contributed by atoms with Crippen molar-refractivity contribution in [2.24, 2.45) is 4.99 Å². The number of aliphatic imine (C=N–C) groups is 1. The summed E-state index contributed by atoms with van der Waals surface area (Å²) in [5, 5.41) is 13.7. The Bertz CT molecular complexity index is 1610. The molecule has 36 heavy (non-hydrogen) atoms. The Kier molecular flexibility index (Phi) is 4.47. The van der Waals surface area contributed by atoms with Crippen molar-refractivity contribution in [2.45, 2.75) is 44.4 Å². The lowest BCUT2D eigenvalue weighted by Crippen LogP contribution is -2.33. The van der Waals surface area contributed by atoms with Crippen LogP contribution < -0.4 is 4.90 Å². The highest BCUT2D eigenvalue weighted by Crippen LogP contribution is 2.57.